The molecule has 6 nitrogen and oxygen atoms in total. The van der Waals surface area contributed by atoms with Crippen LogP contribution in [0.5, 0.6) is 5.75 Å². The number of benzene rings is 1. The minimum Gasteiger partial charge on any atom is -0.496 e. The highest BCUT2D eigenvalue weighted by atomic mass is 35.5. The third-order valence-corrected chi connectivity index (χ3v) is 4.32. The van der Waals surface area contributed by atoms with Crippen molar-refractivity contribution < 1.29 is 19.1 Å². The molecule has 0 fully saturated rings. The van der Waals surface area contributed by atoms with Gasteiger partial charge >= 0.3 is 5.97 Å². The number of esters is 1. The summed E-state index contributed by atoms with van der Waals surface area (Å²) >= 11 is 7.07. The molecule has 124 valence electrons. The zero-order valence-electron chi connectivity index (χ0n) is 12.9. The van der Waals surface area contributed by atoms with Gasteiger partial charge in [0, 0.05) is 16.1 Å². The van der Waals surface area contributed by atoms with E-state index in [1.165, 1.54) is 30.6 Å². The van der Waals surface area contributed by atoms with Crippen molar-refractivity contribution in [1.29, 1.82) is 5.26 Å². The number of methoxy groups -OCH3 is 1. The molecular weight excluding hydrogens is 352 g/mol. The normalized spacial score (nSPS) is 11.4. The number of aryl methyl sites for hydroxylation is 1. The van der Waals surface area contributed by atoms with Crippen molar-refractivity contribution in [3.8, 4) is 11.8 Å². The summed E-state index contributed by atoms with van der Waals surface area (Å²) in [5.41, 5.74) is 0.833. The summed E-state index contributed by atoms with van der Waals surface area (Å²) < 4.78 is 10.1. The number of ether oxygens (including phenoxy) is 2. The van der Waals surface area contributed by atoms with Gasteiger partial charge in [-0.1, -0.05) is 11.6 Å². The monoisotopic (exact) mass is 364 g/mol. The average molecular weight is 365 g/mol. The van der Waals surface area contributed by atoms with Crippen molar-refractivity contribution in [2.45, 2.75) is 12.8 Å². The Morgan fingerprint density at radius 2 is 2.21 bits per heavy atom. The van der Waals surface area contributed by atoms with Gasteiger partial charge in [-0.15, -0.1) is 11.3 Å². The minimum atomic E-state index is -1.06. The molecule has 0 saturated carbocycles. The van der Waals surface area contributed by atoms with Crippen molar-refractivity contribution in [2.75, 3.05) is 13.7 Å². The summed E-state index contributed by atoms with van der Waals surface area (Å²) in [6.07, 6.45) is 0. The van der Waals surface area contributed by atoms with Crippen LogP contribution < -0.4 is 4.74 Å². The molecule has 2 rings (SSSR count). The molecule has 1 aromatic carbocycles. The summed E-state index contributed by atoms with van der Waals surface area (Å²) in [7, 11) is 1.40. The number of thiazole rings is 1. The van der Waals surface area contributed by atoms with Crippen LogP contribution >= 0.6 is 22.9 Å². The Hall–Kier alpha value is -2.43. The van der Waals surface area contributed by atoms with Crippen LogP contribution in [0.25, 0.3) is 0 Å². The van der Waals surface area contributed by atoms with E-state index < -0.39 is 24.3 Å². The lowest BCUT2D eigenvalue weighted by atomic mass is 10.1. The van der Waals surface area contributed by atoms with Gasteiger partial charge < -0.3 is 9.47 Å². The number of Topliss-reactive ketones (excluding diaryl/α,β-unsaturated/α-hetero) is 1. The fourth-order valence-corrected chi connectivity index (χ4v) is 2.94. The van der Waals surface area contributed by atoms with Gasteiger partial charge in [-0.25, -0.2) is 9.78 Å². The van der Waals surface area contributed by atoms with E-state index in [0.717, 1.165) is 5.69 Å². The van der Waals surface area contributed by atoms with E-state index in [1.54, 1.807) is 18.4 Å². The van der Waals surface area contributed by atoms with Crippen LogP contribution in [0.2, 0.25) is 5.02 Å². The first-order chi connectivity index (χ1) is 11.5. The summed E-state index contributed by atoms with van der Waals surface area (Å²) in [6, 6.07) is 6.37. The van der Waals surface area contributed by atoms with Gasteiger partial charge in [0.05, 0.1) is 13.2 Å². The number of ketones is 1. The van der Waals surface area contributed by atoms with Gasteiger partial charge in [-0.2, -0.15) is 5.26 Å². The Balaban J connectivity index is 2.07. The van der Waals surface area contributed by atoms with E-state index in [9.17, 15) is 14.9 Å². The molecule has 0 amide bonds. The number of hydrogen-bond acceptors (Lipinski definition) is 7. The summed E-state index contributed by atoms with van der Waals surface area (Å²) in [4.78, 5) is 28.4. The lowest BCUT2D eigenvalue weighted by Crippen LogP contribution is -2.20. The molecule has 0 aliphatic carbocycles. The number of nitriles is 1. The summed E-state index contributed by atoms with van der Waals surface area (Å²) in [5.74, 6) is -2.07. The zero-order chi connectivity index (χ0) is 17.7. The van der Waals surface area contributed by atoms with Crippen LogP contribution in [0.1, 0.15) is 27.0 Å². The number of aromatic nitrogens is 1. The molecule has 0 unspecified atom stereocenters. The van der Waals surface area contributed by atoms with E-state index in [1.807, 2.05) is 6.07 Å². The van der Waals surface area contributed by atoms with E-state index in [4.69, 9.17) is 21.1 Å². The van der Waals surface area contributed by atoms with E-state index >= 15 is 0 Å². The first-order valence-electron chi connectivity index (χ1n) is 6.81. The highest BCUT2D eigenvalue weighted by Gasteiger charge is 2.25. The molecule has 0 bridgehead atoms. The third-order valence-electron chi connectivity index (χ3n) is 3.06. The molecule has 2 aromatic rings. The number of carbonyl (C=O) groups is 2. The second-order valence-electron chi connectivity index (χ2n) is 4.78. The summed E-state index contributed by atoms with van der Waals surface area (Å²) in [5, 5.41) is 11.6. The standard InChI is InChI=1S/C16H13ClN2O4S/c1-9-8-24-15(19-9)12(6-18)13(20)7-23-16(21)11-5-10(17)3-4-14(11)22-2/h3-5,8,12H,7H2,1-2H3/t12-/m1/s1. The molecule has 0 spiro atoms. The van der Waals surface area contributed by atoms with Gasteiger partial charge in [-0.05, 0) is 25.1 Å². The maximum Gasteiger partial charge on any atom is 0.342 e. The first-order valence-corrected chi connectivity index (χ1v) is 8.07. The quantitative estimate of drug-likeness (QED) is 0.731. The Kier molecular flexibility index (Phi) is 5.90. The predicted molar refractivity (Wildman–Crippen MR) is 88.5 cm³/mol. The molecule has 24 heavy (non-hydrogen) atoms. The fraction of sp³-hybridized carbons (Fsp3) is 0.250. The van der Waals surface area contributed by atoms with Crippen LogP contribution in [0, 0.1) is 18.3 Å². The van der Waals surface area contributed by atoms with Crippen LogP contribution in [-0.2, 0) is 9.53 Å². The Morgan fingerprint density at radius 1 is 1.46 bits per heavy atom. The van der Waals surface area contributed by atoms with E-state index in [0.29, 0.717) is 10.0 Å². The zero-order valence-corrected chi connectivity index (χ0v) is 14.5. The second-order valence-corrected chi connectivity index (χ2v) is 6.10. The van der Waals surface area contributed by atoms with Crippen LogP contribution in [-0.4, -0.2) is 30.5 Å². The number of hydrogen-bond donors (Lipinski definition) is 0. The van der Waals surface area contributed by atoms with Crippen LogP contribution in [0.3, 0.4) is 0 Å². The van der Waals surface area contributed by atoms with Gasteiger partial charge in [0.2, 0.25) is 0 Å². The van der Waals surface area contributed by atoms with Gasteiger partial charge in [0.1, 0.15) is 16.3 Å². The van der Waals surface area contributed by atoms with E-state index in [-0.39, 0.29) is 11.3 Å². The van der Waals surface area contributed by atoms with Gasteiger partial charge in [0.15, 0.2) is 18.3 Å². The van der Waals surface area contributed by atoms with Gasteiger partial charge in [0.25, 0.3) is 0 Å². The number of nitrogens with zero attached hydrogens (tertiary/aromatic N) is 2. The predicted octanol–water partition coefficient (Wildman–Crippen LogP) is 3.15. The highest BCUT2D eigenvalue weighted by molar-refractivity contribution is 7.09. The smallest absolute Gasteiger partial charge is 0.342 e. The molecule has 0 N–H and O–H groups in total. The third kappa shape index (κ3) is 4.10. The molecule has 8 heteroatoms. The Labute approximate surface area is 147 Å². The van der Waals surface area contributed by atoms with E-state index in [2.05, 4.69) is 4.98 Å². The van der Waals surface area contributed by atoms with Crippen molar-refractivity contribution in [1.82, 2.24) is 4.98 Å². The maximum atomic E-state index is 12.2. The maximum absolute atomic E-state index is 12.2. The largest absolute Gasteiger partial charge is 0.496 e. The molecule has 0 radical (unpaired) electrons. The lowest BCUT2D eigenvalue weighted by molar-refractivity contribution is -0.122. The first kappa shape index (κ1) is 17.9. The molecule has 1 heterocycles. The second kappa shape index (κ2) is 7.90. The fourth-order valence-electron chi connectivity index (χ4n) is 1.91. The van der Waals surface area contributed by atoms with Crippen molar-refractivity contribution in [3.05, 3.63) is 44.9 Å². The average Bonchev–Trinajstić information content (AvgIpc) is 2.99. The van der Waals surface area contributed by atoms with Crippen molar-refractivity contribution >= 4 is 34.7 Å². The molecule has 0 aliphatic rings. The number of carbonyl (C=O) groups excluding carboxylic acids is 2. The SMILES string of the molecule is COc1ccc(Cl)cc1C(=O)OCC(=O)[C@@H](C#N)c1nc(C)cs1. The van der Waals surface area contributed by atoms with Crippen LogP contribution in [0.4, 0.5) is 0 Å². The number of halogens is 1. The Bertz CT molecular complexity index is 813. The van der Waals surface area contributed by atoms with Crippen molar-refractivity contribution in [3.63, 3.8) is 0 Å². The summed E-state index contributed by atoms with van der Waals surface area (Å²) in [6.45, 7) is 1.23. The topological polar surface area (TPSA) is 89.3 Å². The Morgan fingerprint density at radius 3 is 2.79 bits per heavy atom. The molecule has 0 saturated heterocycles. The molecule has 1 atom stereocenters. The molecule has 0 aliphatic heterocycles. The minimum absolute atomic E-state index is 0.108. The van der Waals surface area contributed by atoms with Gasteiger partial charge in [-0.3, -0.25) is 4.79 Å². The van der Waals surface area contributed by atoms with Crippen LogP contribution in [0.15, 0.2) is 23.6 Å². The lowest BCUT2D eigenvalue weighted by Gasteiger charge is -2.10. The molecular formula is C16H13ClN2O4S. The highest BCUT2D eigenvalue weighted by Crippen LogP contribution is 2.24. The molecule has 1 aromatic heterocycles. The van der Waals surface area contributed by atoms with Crippen molar-refractivity contribution in [2.24, 2.45) is 0 Å². The number of rotatable bonds is 6.